The minimum absolute atomic E-state index is 0.0160. The molecule has 78 valence electrons. The Hall–Kier alpha value is -1.81. The van der Waals surface area contributed by atoms with E-state index in [1.807, 2.05) is 24.3 Å². The molecule has 4 heteroatoms. The van der Waals surface area contributed by atoms with E-state index in [0.717, 1.165) is 22.6 Å². The number of aliphatic hydroxyl groups excluding tert-OH is 1. The second-order valence-electron chi connectivity index (χ2n) is 3.16. The van der Waals surface area contributed by atoms with Gasteiger partial charge in [-0.3, -0.25) is 5.10 Å². The zero-order chi connectivity index (χ0) is 10.7. The number of aliphatic hydroxyl groups is 1. The van der Waals surface area contributed by atoms with Crippen molar-refractivity contribution in [1.82, 2.24) is 10.2 Å². The van der Waals surface area contributed by atoms with E-state index >= 15 is 0 Å². The van der Waals surface area contributed by atoms with E-state index in [9.17, 15) is 0 Å². The van der Waals surface area contributed by atoms with Gasteiger partial charge >= 0.3 is 0 Å². The zero-order valence-electron chi connectivity index (χ0n) is 8.40. The van der Waals surface area contributed by atoms with Gasteiger partial charge < -0.3 is 9.84 Å². The summed E-state index contributed by atoms with van der Waals surface area (Å²) < 4.78 is 5.07. The number of rotatable bonds is 3. The van der Waals surface area contributed by atoms with Crippen LogP contribution in [0.5, 0.6) is 5.75 Å². The number of hydrogen-bond acceptors (Lipinski definition) is 3. The Morgan fingerprint density at radius 1 is 1.33 bits per heavy atom. The number of methoxy groups -OCH3 is 1. The molecule has 0 saturated heterocycles. The van der Waals surface area contributed by atoms with E-state index in [4.69, 9.17) is 9.84 Å². The third-order valence-corrected chi connectivity index (χ3v) is 2.27. The van der Waals surface area contributed by atoms with Crippen LogP contribution in [-0.2, 0) is 6.61 Å². The fraction of sp³-hybridized carbons (Fsp3) is 0.182. The van der Waals surface area contributed by atoms with Gasteiger partial charge in [-0.1, -0.05) is 0 Å². The topological polar surface area (TPSA) is 58.1 Å². The summed E-state index contributed by atoms with van der Waals surface area (Å²) in [5, 5.41) is 15.8. The predicted molar refractivity (Wildman–Crippen MR) is 56.5 cm³/mol. The van der Waals surface area contributed by atoms with Crippen molar-refractivity contribution in [2.45, 2.75) is 6.61 Å². The molecule has 0 aliphatic heterocycles. The number of benzene rings is 1. The van der Waals surface area contributed by atoms with Gasteiger partial charge in [0, 0.05) is 11.1 Å². The molecule has 2 rings (SSSR count). The minimum atomic E-state index is -0.0160. The molecule has 15 heavy (non-hydrogen) atoms. The normalized spacial score (nSPS) is 10.3. The minimum Gasteiger partial charge on any atom is -0.497 e. The molecule has 2 N–H and O–H groups in total. The average Bonchev–Trinajstić information content (AvgIpc) is 2.77. The number of aromatic nitrogens is 2. The fourth-order valence-electron chi connectivity index (χ4n) is 1.44. The number of nitrogens with one attached hydrogen (secondary N) is 1. The number of hydrogen-bond donors (Lipinski definition) is 2. The number of aromatic amines is 1. The Bertz CT molecular complexity index is 434. The molecule has 0 saturated carbocycles. The number of nitrogens with zero attached hydrogens (tertiary/aromatic N) is 1. The first kappa shape index (κ1) is 9.73. The lowest BCUT2D eigenvalue weighted by atomic mass is 10.1. The highest BCUT2D eigenvalue weighted by atomic mass is 16.5. The molecule has 0 aliphatic rings. The highest BCUT2D eigenvalue weighted by Crippen LogP contribution is 2.23. The molecule has 0 bridgehead atoms. The molecule has 0 fully saturated rings. The summed E-state index contributed by atoms with van der Waals surface area (Å²) in [4.78, 5) is 0. The van der Waals surface area contributed by atoms with Gasteiger partial charge in [0.1, 0.15) is 5.75 Å². The molecule has 4 nitrogen and oxygen atoms in total. The van der Waals surface area contributed by atoms with Crippen LogP contribution in [0.4, 0.5) is 0 Å². The SMILES string of the molecule is COc1ccc(-c2[nH]ncc2CO)cc1. The maximum absolute atomic E-state index is 9.08. The summed E-state index contributed by atoms with van der Waals surface area (Å²) in [6.45, 7) is -0.0160. The number of H-pyrrole nitrogens is 1. The first-order chi connectivity index (χ1) is 7.35. The van der Waals surface area contributed by atoms with Crippen LogP contribution in [0.2, 0.25) is 0 Å². The number of ether oxygens (including phenoxy) is 1. The van der Waals surface area contributed by atoms with Gasteiger partial charge in [0.25, 0.3) is 0 Å². The van der Waals surface area contributed by atoms with Crippen molar-refractivity contribution < 1.29 is 9.84 Å². The van der Waals surface area contributed by atoms with Crippen LogP contribution in [0.1, 0.15) is 5.56 Å². The summed E-state index contributed by atoms with van der Waals surface area (Å²) in [5.74, 6) is 0.809. The molecule has 0 unspecified atom stereocenters. The smallest absolute Gasteiger partial charge is 0.118 e. The highest BCUT2D eigenvalue weighted by molar-refractivity contribution is 5.63. The van der Waals surface area contributed by atoms with E-state index in [1.165, 1.54) is 0 Å². The summed E-state index contributed by atoms with van der Waals surface area (Å²) in [5.41, 5.74) is 2.62. The lowest BCUT2D eigenvalue weighted by molar-refractivity contribution is 0.282. The zero-order valence-corrected chi connectivity index (χ0v) is 8.40. The van der Waals surface area contributed by atoms with Crippen LogP contribution in [0.25, 0.3) is 11.3 Å². The quantitative estimate of drug-likeness (QED) is 0.798. The van der Waals surface area contributed by atoms with Gasteiger partial charge in [0.05, 0.1) is 25.6 Å². The summed E-state index contributed by atoms with van der Waals surface area (Å²) in [6, 6.07) is 7.59. The van der Waals surface area contributed by atoms with Crippen LogP contribution in [0.15, 0.2) is 30.5 Å². The third kappa shape index (κ3) is 1.85. The van der Waals surface area contributed by atoms with E-state index in [-0.39, 0.29) is 6.61 Å². The fourth-order valence-corrected chi connectivity index (χ4v) is 1.44. The van der Waals surface area contributed by atoms with Crippen molar-refractivity contribution in [2.75, 3.05) is 7.11 Å². The third-order valence-electron chi connectivity index (χ3n) is 2.27. The second-order valence-corrected chi connectivity index (χ2v) is 3.16. The van der Waals surface area contributed by atoms with E-state index in [2.05, 4.69) is 10.2 Å². The molecule has 1 aromatic carbocycles. The first-order valence-electron chi connectivity index (χ1n) is 4.62. The average molecular weight is 204 g/mol. The van der Waals surface area contributed by atoms with Crippen LogP contribution < -0.4 is 4.74 Å². The highest BCUT2D eigenvalue weighted by Gasteiger charge is 2.06. The largest absolute Gasteiger partial charge is 0.497 e. The van der Waals surface area contributed by atoms with Crippen LogP contribution in [0, 0.1) is 0 Å². The standard InChI is InChI=1S/C11H12N2O2/c1-15-10-4-2-8(3-5-10)11-9(7-14)6-12-13-11/h2-6,14H,7H2,1H3,(H,12,13). The van der Waals surface area contributed by atoms with Crippen LogP contribution in [-0.4, -0.2) is 22.4 Å². The molecule has 0 aliphatic carbocycles. The molecule has 1 aromatic heterocycles. The lowest BCUT2D eigenvalue weighted by Gasteiger charge is -2.02. The monoisotopic (exact) mass is 204 g/mol. The van der Waals surface area contributed by atoms with Crippen LogP contribution in [0.3, 0.4) is 0 Å². The maximum atomic E-state index is 9.08. The van der Waals surface area contributed by atoms with Gasteiger partial charge in [-0.25, -0.2) is 0 Å². The van der Waals surface area contributed by atoms with E-state index < -0.39 is 0 Å². The van der Waals surface area contributed by atoms with E-state index in [1.54, 1.807) is 13.3 Å². The molecule has 0 atom stereocenters. The summed E-state index contributed by atoms with van der Waals surface area (Å²) in [7, 11) is 1.63. The van der Waals surface area contributed by atoms with Gasteiger partial charge in [-0.05, 0) is 24.3 Å². The molecular formula is C11H12N2O2. The van der Waals surface area contributed by atoms with Gasteiger partial charge in [0.2, 0.25) is 0 Å². The first-order valence-corrected chi connectivity index (χ1v) is 4.62. The second kappa shape index (κ2) is 4.14. The van der Waals surface area contributed by atoms with Gasteiger partial charge in [-0.15, -0.1) is 0 Å². The Morgan fingerprint density at radius 3 is 2.67 bits per heavy atom. The molecular weight excluding hydrogens is 192 g/mol. The predicted octanol–water partition coefficient (Wildman–Crippen LogP) is 1.58. The van der Waals surface area contributed by atoms with Crippen molar-refractivity contribution >= 4 is 0 Å². The molecule has 0 spiro atoms. The van der Waals surface area contributed by atoms with Gasteiger partial charge in [-0.2, -0.15) is 5.10 Å². The van der Waals surface area contributed by atoms with Crippen molar-refractivity contribution in [3.63, 3.8) is 0 Å². The Morgan fingerprint density at radius 2 is 2.07 bits per heavy atom. The Balaban J connectivity index is 2.37. The van der Waals surface area contributed by atoms with Crippen molar-refractivity contribution in [3.8, 4) is 17.0 Å². The van der Waals surface area contributed by atoms with Crippen molar-refractivity contribution in [3.05, 3.63) is 36.0 Å². The van der Waals surface area contributed by atoms with Crippen molar-refractivity contribution in [2.24, 2.45) is 0 Å². The molecule has 0 amide bonds. The molecule has 2 aromatic rings. The molecule has 0 radical (unpaired) electrons. The van der Waals surface area contributed by atoms with Crippen LogP contribution >= 0.6 is 0 Å². The summed E-state index contributed by atoms with van der Waals surface area (Å²) >= 11 is 0. The van der Waals surface area contributed by atoms with Gasteiger partial charge in [0.15, 0.2) is 0 Å². The summed E-state index contributed by atoms with van der Waals surface area (Å²) in [6.07, 6.45) is 1.62. The van der Waals surface area contributed by atoms with E-state index in [0.29, 0.717) is 0 Å². The van der Waals surface area contributed by atoms with Crippen molar-refractivity contribution in [1.29, 1.82) is 0 Å². The molecule has 1 heterocycles. The maximum Gasteiger partial charge on any atom is 0.118 e. The Labute approximate surface area is 87.5 Å². The lowest BCUT2D eigenvalue weighted by Crippen LogP contribution is -1.87. The Kier molecular flexibility index (Phi) is 2.69.